The molecule has 1 fully saturated rings. The van der Waals surface area contributed by atoms with Gasteiger partial charge in [0.2, 0.25) is 0 Å². The molecule has 0 atom stereocenters. The molecule has 3 aromatic rings. The Hall–Kier alpha value is -3.61. The molecule has 2 aliphatic rings. The Labute approximate surface area is 167 Å². The molecule has 2 aliphatic heterocycles. The van der Waals surface area contributed by atoms with Gasteiger partial charge in [0.1, 0.15) is 5.75 Å². The number of carbonyl (C=O) groups excluding carboxylic acids is 2. The Morgan fingerprint density at radius 1 is 1.03 bits per heavy atom. The number of para-hydroxylation sites is 1. The zero-order valence-electron chi connectivity index (χ0n) is 15.6. The van der Waals surface area contributed by atoms with Gasteiger partial charge in [-0.15, -0.1) is 0 Å². The molecule has 5 rings (SSSR count). The fourth-order valence-corrected chi connectivity index (χ4v) is 3.89. The number of amides is 2. The van der Waals surface area contributed by atoms with Crippen molar-refractivity contribution in [1.82, 2.24) is 15.2 Å². The molecule has 0 unspecified atom stereocenters. The normalized spacial score (nSPS) is 17.4. The lowest BCUT2D eigenvalue weighted by atomic mass is 9.96. The summed E-state index contributed by atoms with van der Waals surface area (Å²) in [5.41, 5.74) is 0.855. The Bertz CT molecular complexity index is 1070. The summed E-state index contributed by atoms with van der Waals surface area (Å²) in [5.74, 6) is 0.718. The summed E-state index contributed by atoms with van der Waals surface area (Å²) in [6, 6.07) is 16.6. The molecule has 0 bridgehead atoms. The molecule has 0 saturated carbocycles. The molecule has 1 N–H and O–H groups in total. The van der Waals surface area contributed by atoms with Gasteiger partial charge in [-0.3, -0.25) is 9.59 Å². The van der Waals surface area contributed by atoms with Crippen LogP contribution in [0.4, 0.5) is 0 Å². The predicted octanol–water partition coefficient (Wildman–Crippen LogP) is 3.10. The standard InChI is InChI=1S/C22H19N3O4/c26-20-16-8-4-5-9-17(16)29-22(24-20)10-12-25(13-11-22)21(27)18-19(28-14-23-18)15-6-2-1-3-7-15/h1-9,14H,10-13H2,(H,24,26). The van der Waals surface area contributed by atoms with Crippen LogP contribution in [0.25, 0.3) is 11.3 Å². The first-order chi connectivity index (χ1) is 14.2. The maximum Gasteiger partial charge on any atom is 0.276 e. The molecular weight excluding hydrogens is 370 g/mol. The van der Waals surface area contributed by atoms with E-state index in [1.807, 2.05) is 42.5 Å². The quantitative estimate of drug-likeness (QED) is 0.728. The predicted molar refractivity (Wildman–Crippen MR) is 104 cm³/mol. The van der Waals surface area contributed by atoms with Crippen molar-refractivity contribution in [2.75, 3.05) is 13.1 Å². The molecule has 7 heteroatoms. The molecule has 0 aliphatic carbocycles. The fourth-order valence-electron chi connectivity index (χ4n) is 3.89. The lowest BCUT2D eigenvalue weighted by Gasteiger charge is -2.44. The third kappa shape index (κ3) is 3.04. The first kappa shape index (κ1) is 17.5. The van der Waals surface area contributed by atoms with Crippen LogP contribution in [0.15, 0.2) is 65.4 Å². The number of likely N-dealkylation sites (tertiary alicyclic amines) is 1. The zero-order valence-corrected chi connectivity index (χ0v) is 15.6. The molecule has 1 saturated heterocycles. The number of nitrogens with zero attached hydrogens (tertiary/aromatic N) is 2. The number of benzene rings is 2. The highest BCUT2D eigenvalue weighted by Crippen LogP contribution is 2.34. The summed E-state index contributed by atoms with van der Waals surface area (Å²) in [5, 5.41) is 2.99. The summed E-state index contributed by atoms with van der Waals surface area (Å²) in [4.78, 5) is 31.4. The van der Waals surface area contributed by atoms with Crippen LogP contribution in [-0.4, -0.2) is 40.5 Å². The minimum atomic E-state index is -0.783. The highest BCUT2D eigenvalue weighted by molar-refractivity contribution is 5.99. The topological polar surface area (TPSA) is 84.7 Å². The van der Waals surface area contributed by atoms with E-state index >= 15 is 0 Å². The SMILES string of the molecule is O=C1NC2(CCN(C(=O)c3ncoc3-c3ccccc3)CC2)Oc2ccccc21. The number of piperidine rings is 1. The van der Waals surface area contributed by atoms with Crippen LogP contribution in [-0.2, 0) is 0 Å². The van der Waals surface area contributed by atoms with E-state index in [2.05, 4.69) is 10.3 Å². The van der Waals surface area contributed by atoms with Crippen LogP contribution < -0.4 is 10.1 Å². The minimum Gasteiger partial charge on any atom is -0.467 e. The van der Waals surface area contributed by atoms with E-state index in [-0.39, 0.29) is 11.8 Å². The first-order valence-electron chi connectivity index (χ1n) is 9.54. The second-order valence-corrected chi connectivity index (χ2v) is 7.23. The maximum atomic E-state index is 13.1. The molecule has 146 valence electrons. The van der Waals surface area contributed by atoms with Gasteiger partial charge in [-0.2, -0.15) is 0 Å². The monoisotopic (exact) mass is 389 g/mol. The highest BCUT2D eigenvalue weighted by atomic mass is 16.5. The maximum absolute atomic E-state index is 13.1. The van der Waals surface area contributed by atoms with Gasteiger partial charge in [0.15, 0.2) is 23.6 Å². The number of hydrogen-bond acceptors (Lipinski definition) is 5. The van der Waals surface area contributed by atoms with E-state index in [0.717, 1.165) is 5.56 Å². The van der Waals surface area contributed by atoms with Crippen LogP contribution in [0.1, 0.15) is 33.7 Å². The number of carbonyl (C=O) groups is 2. The van der Waals surface area contributed by atoms with E-state index in [4.69, 9.17) is 9.15 Å². The lowest BCUT2D eigenvalue weighted by molar-refractivity contribution is -0.0246. The number of nitrogens with one attached hydrogen (secondary N) is 1. The van der Waals surface area contributed by atoms with Crippen molar-refractivity contribution in [3.8, 4) is 17.1 Å². The van der Waals surface area contributed by atoms with Gasteiger partial charge >= 0.3 is 0 Å². The number of ether oxygens (including phenoxy) is 1. The third-order valence-corrected chi connectivity index (χ3v) is 5.44. The lowest BCUT2D eigenvalue weighted by Crippen LogP contribution is -2.61. The number of rotatable bonds is 2. The van der Waals surface area contributed by atoms with Gasteiger partial charge in [0, 0.05) is 31.5 Å². The van der Waals surface area contributed by atoms with E-state index < -0.39 is 5.72 Å². The molecule has 29 heavy (non-hydrogen) atoms. The van der Waals surface area contributed by atoms with Crippen LogP contribution in [0.3, 0.4) is 0 Å². The third-order valence-electron chi connectivity index (χ3n) is 5.44. The van der Waals surface area contributed by atoms with Gasteiger partial charge < -0.3 is 19.4 Å². The van der Waals surface area contributed by atoms with Crippen molar-refractivity contribution in [3.05, 3.63) is 72.2 Å². The molecule has 3 heterocycles. The van der Waals surface area contributed by atoms with Gasteiger partial charge in [-0.25, -0.2) is 4.98 Å². The summed E-state index contributed by atoms with van der Waals surface area (Å²) >= 11 is 0. The second-order valence-electron chi connectivity index (χ2n) is 7.23. The van der Waals surface area contributed by atoms with Gasteiger partial charge in [0.05, 0.1) is 5.56 Å². The van der Waals surface area contributed by atoms with Crippen LogP contribution in [0.5, 0.6) is 5.75 Å². The molecule has 1 spiro atoms. The molecule has 2 amide bonds. The van der Waals surface area contributed by atoms with Crippen molar-refractivity contribution in [1.29, 1.82) is 0 Å². The van der Waals surface area contributed by atoms with E-state index in [1.54, 1.807) is 17.0 Å². The molecule has 1 aromatic heterocycles. The summed E-state index contributed by atoms with van der Waals surface area (Å²) in [6.07, 6.45) is 2.29. The number of aromatic nitrogens is 1. The largest absolute Gasteiger partial charge is 0.467 e. The molecular formula is C22H19N3O4. The second kappa shape index (κ2) is 6.77. The molecule has 0 radical (unpaired) electrons. The average Bonchev–Trinajstić information content (AvgIpc) is 3.24. The van der Waals surface area contributed by atoms with Crippen molar-refractivity contribution in [3.63, 3.8) is 0 Å². The van der Waals surface area contributed by atoms with Gasteiger partial charge in [-0.1, -0.05) is 42.5 Å². The summed E-state index contributed by atoms with van der Waals surface area (Å²) in [6.45, 7) is 0.894. The minimum absolute atomic E-state index is 0.144. The van der Waals surface area contributed by atoms with Gasteiger partial charge in [-0.05, 0) is 12.1 Å². The van der Waals surface area contributed by atoms with E-state index in [1.165, 1.54) is 6.39 Å². The zero-order chi connectivity index (χ0) is 19.8. The highest BCUT2D eigenvalue weighted by Gasteiger charge is 2.43. The van der Waals surface area contributed by atoms with Gasteiger partial charge in [0.25, 0.3) is 11.8 Å². The van der Waals surface area contributed by atoms with Crippen LogP contribution in [0.2, 0.25) is 0 Å². The summed E-state index contributed by atoms with van der Waals surface area (Å²) in [7, 11) is 0. The molecule has 7 nitrogen and oxygen atoms in total. The van der Waals surface area contributed by atoms with Crippen molar-refractivity contribution in [2.45, 2.75) is 18.6 Å². The Morgan fingerprint density at radius 3 is 2.55 bits per heavy atom. The van der Waals surface area contributed by atoms with Crippen LogP contribution >= 0.6 is 0 Å². The number of hydrogen-bond donors (Lipinski definition) is 1. The van der Waals surface area contributed by atoms with Crippen molar-refractivity contribution >= 4 is 11.8 Å². The van der Waals surface area contributed by atoms with Crippen molar-refractivity contribution in [2.24, 2.45) is 0 Å². The van der Waals surface area contributed by atoms with Crippen molar-refractivity contribution < 1.29 is 18.7 Å². The van der Waals surface area contributed by atoms with E-state index in [0.29, 0.717) is 48.7 Å². The first-order valence-corrected chi connectivity index (χ1v) is 9.54. The number of fused-ring (bicyclic) bond motifs is 1. The Balaban J connectivity index is 1.33. The smallest absolute Gasteiger partial charge is 0.276 e. The number of oxazole rings is 1. The van der Waals surface area contributed by atoms with E-state index in [9.17, 15) is 9.59 Å². The average molecular weight is 389 g/mol. The van der Waals surface area contributed by atoms with Crippen LogP contribution in [0, 0.1) is 0 Å². The molecule has 2 aromatic carbocycles. The fraction of sp³-hybridized carbons (Fsp3) is 0.227. The Kier molecular flexibility index (Phi) is 4.08. The Morgan fingerprint density at radius 2 is 1.76 bits per heavy atom. The summed E-state index contributed by atoms with van der Waals surface area (Å²) < 4.78 is 11.6.